The zero-order chi connectivity index (χ0) is 18.5. The van der Waals surface area contributed by atoms with Gasteiger partial charge in [0, 0.05) is 12.7 Å². The van der Waals surface area contributed by atoms with Crippen LogP contribution >= 0.6 is 0 Å². The van der Waals surface area contributed by atoms with Gasteiger partial charge in [-0.25, -0.2) is 0 Å². The minimum absolute atomic E-state index is 0.357. The first-order valence-corrected chi connectivity index (χ1v) is 8.98. The van der Waals surface area contributed by atoms with Crippen molar-refractivity contribution in [3.8, 4) is 11.5 Å². The second-order valence-electron chi connectivity index (χ2n) is 6.77. The molecule has 1 atom stereocenters. The number of nitrogens with zero attached hydrogens (tertiary/aromatic N) is 1. The predicted octanol–water partition coefficient (Wildman–Crippen LogP) is 4.98. The van der Waals surface area contributed by atoms with Crippen molar-refractivity contribution >= 4 is 0 Å². The van der Waals surface area contributed by atoms with E-state index in [4.69, 9.17) is 9.47 Å². The van der Waals surface area contributed by atoms with Crippen LogP contribution in [0.25, 0.3) is 0 Å². The van der Waals surface area contributed by atoms with Gasteiger partial charge in [-0.2, -0.15) is 0 Å². The molecule has 0 amide bonds. The number of hydrogen-bond acceptors (Lipinski definition) is 3. The highest BCUT2D eigenvalue weighted by atomic mass is 16.5. The van der Waals surface area contributed by atoms with E-state index in [0.29, 0.717) is 6.04 Å². The van der Waals surface area contributed by atoms with Crippen molar-refractivity contribution in [1.82, 2.24) is 4.90 Å². The lowest BCUT2D eigenvalue weighted by atomic mass is 9.92. The van der Waals surface area contributed by atoms with E-state index in [9.17, 15) is 0 Å². The molecule has 1 aliphatic rings. The number of ether oxygens (including phenoxy) is 2. The van der Waals surface area contributed by atoms with Crippen molar-refractivity contribution in [2.24, 2.45) is 0 Å². The molecular formula is C23H27NO2. The highest BCUT2D eigenvalue weighted by Crippen LogP contribution is 2.27. The second-order valence-corrected chi connectivity index (χ2v) is 6.77. The maximum atomic E-state index is 5.28. The van der Waals surface area contributed by atoms with Crippen LogP contribution in [0.2, 0.25) is 0 Å². The van der Waals surface area contributed by atoms with Crippen molar-refractivity contribution in [2.75, 3.05) is 14.2 Å². The smallest absolute Gasteiger partial charge is 0.118 e. The van der Waals surface area contributed by atoms with Crippen LogP contribution in [0.1, 0.15) is 25.0 Å². The summed E-state index contributed by atoms with van der Waals surface area (Å²) < 4.78 is 10.5. The van der Waals surface area contributed by atoms with E-state index < -0.39 is 0 Å². The molecule has 0 saturated carbocycles. The van der Waals surface area contributed by atoms with Crippen molar-refractivity contribution in [3.05, 3.63) is 83.1 Å². The predicted molar refractivity (Wildman–Crippen MR) is 107 cm³/mol. The van der Waals surface area contributed by atoms with Gasteiger partial charge in [0.15, 0.2) is 0 Å². The summed E-state index contributed by atoms with van der Waals surface area (Å²) in [5, 5.41) is 0. The SMILES string of the molecule is COc1ccc(CC2C(C)=C(C)C=CN2Cc2ccc(OC)cc2)cc1. The fraction of sp³-hybridized carbons (Fsp3) is 0.304. The van der Waals surface area contributed by atoms with E-state index in [1.807, 2.05) is 24.3 Å². The minimum atomic E-state index is 0.357. The van der Waals surface area contributed by atoms with Crippen LogP contribution in [0.5, 0.6) is 11.5 Å². The number of allylic oxidation sites excluding steroid dienone is 2. The van der Waals surface area contributed by atoms with Crippen LogP contribution < -0.4 is 9.47 Å². The molecule has 3 heteroatoms. The monoisotopic (exact) mass is 349 g/mol. The number of rotatable bonds is 6. The van der Waals surface area contributed by atoms with Crippen LogP contribution in [0.15, 0.2) is 72.0 Å². The molecule has 3 rings (SSSR count). The van der Waals surface area contributed by atoms with Crippen LogP contribution in [-0.2, 0) is 13.0 Å². The number of methoxy groups -OCH3 is 2. The van der Waals surface area contributed by atoms with Crippen molar-refractivity contribution in [1.29, 1.82) is 0 Å². The lowest BCUT2D eigenvalue weighted by Crippen LogP contribution is -2.35. The Labute approximate surface area is 156 Å². The summed E-state index contributed by atoms with van der Waals surface area (Å²) in [6, 6.07) is 17.1. The molecule has 0 bridgehead atoms. The quantitative estimate of drug-likeness (QED) is 0.734. The Morgan fingerprint density at radius 2 is 1.35 bits per heavy atom. The summed E-state index contributed by atoms with van der Waals surface area (Å²) in [5.74, 6) is 1.79. The molecule has 0 fully saturated rings. The van der Waals surface area contributed by atoms with Crippen LogP contribution in [0.3, 0.4) is 0 Å². The molecular weight excluding hydrogens is 322 g/mol. The molecule has 0 saturated heterocycles. The second kappa shape index (κ2) is 8.13. The maximum absolute atomic E-state index is 5.28. The largest absolute Gasteiger partial charge is 0.497 e. The maximum Gasteiger partial charge on any atom is 0.118 e. The number of benzene rings is 2. The zero-order valence-corrected chi connectivity index (χ0v) is 16.0. The van der Waals surface area contributed by atoms with E-state index in [-0.39, 0.29) is 0 Å². The van der Waals surface area contributed by atoms with Gasteiger partial charge in [0.1, 0.15) is 11.5 Å². The summed E-state index contributed by atoms with van der Waals surface area (Å²) in [7, 11) is 3.40. The molecule has 0 aliphatic carbocycles. The van der Waals surface area contributed by atoms with Gasteiger partial charge in [-0.3, -0.25) is 0 Å². The molecule has 1 heterocycles. The molecule has 0 radical (unpaired) electrons. The first kappa shape index (κ1) is 18.1. The zero-order valence-electron chi connectivity index (χ0n) is 16.0. The Balaban J connectivity index is 1.79. The summed E-state index contributed by atoms with van der Waals surface area (Å²) in [6.07, 6.45) is 5.41. The fourth-order valence-electron chi connectivity index (χ4n) is 3.31. The van der Waals surface area contributed by atoms with Crippen LogP contribution in [-0.4, -0.2) is 25.2 Å². The van der Waals surface area contributed by atoms with Crippen LogP contribution in [0.4, 0.5) is 0 Å². The van der Waals surface area contributed by atoms with E-state index in [1.165, 1.54) is 22.3 Å². The lowest BCUT2D eigenvalue weighted by Gasteiger charge is -2.35. The third-order valence-electron chi connectivity index (χ3n) is 5.15. The lowest BCUT2D eigenvalue weighted by molar-refractivity contribution is 0.291. The molecule has 136 valence electrons. The molecule has 3 nitrogen and oxygen atoms in total. The number of hydrogen-bond donors (Lipinski definition) is 0. The van der Waals surface area contributed by atoms with Gasteiger partial charge in [-0.15, -0.1) is 0 Å². The Bertz CT molecular complexity index is 788. The minimum Gasteiger partial charge on any atom is -0.497 e. The molecule has 26 heavy (non-hydrogen) atoms. The highest BCUT2D eigenvalue weighted by Gasteiger charge is 2.22. The Kier molecular flexibility index (Phi) is 5.67. The Morgan fingerprint density at radius 3 is 1.88 bits per heavy atom. The molecule has 0 N–H and O–H groups in total. The average Bonchev–Trinajstić information content (AvgIpc) is 2.68. The van der Waals surface area contributed by atoms with Gasteiger partial charge in [-0.1, -0.05) is 24.3 Å². The standard InChI is InChI=1S/C23H27NO2/c1-17-13-14-24(16-20-7-11-22(26-4)12-8-20)23(18(17)2)15-19-5-9-21(25-3)10-6-19/h5-14,23H,15-16H2,1-4H3. The van der Waals surface area contributed by atoms with Gasteiger partial charge < -0.3 is 14.4 Å². The van der Waals surface area contributed by atoms with Crippen molar-refractivity contribution in [2.45, 2.75) is 32.9 Å². The highest BCUT2D eigenvalue weighted by molar-refractivity contribution is 5.35. The molecule has 2 aromatic carbocycles. The third-order valence-corrected chi connectivity index (χ3v) is 5.15. The summed E-state index contributed by atoms with van der Waals surface area (Å²) in [4.78, 5) is 2.42. The van der Waals surface area contributed by atoms with E-state index in [0.717, 1.165) is 24.5 Å². The van der Waals surface area contributed by atoms with E-state index in [2.05, 4.69) is 55.3 Å². The van der Waals surface area contributed by atoms with Gasteiger partial charge >= 0.3 is 0 Å². The normalized spacial score (nSPS) is 16.8. The van der Waals surface area contributed by atoms with Gasteiger partial charge in [0.25, 0.3) is 0 Å². The summed E-state index contributed by atoms with van der Waals surface area (Å²) >= 11 is 0. The van der Waals surface area contributed by atoms with Gasteiger partial charge in [0.2, 0.25) is 0 Å². The average molecular weight is 349 g/mol. The third kappa shape index (κ3) is 4.10. The Morgan fingerprint density at radius 1 is 0.808 bits per heavy atom. The summed E-state index contributed by atoms with van der Waals surface area (Å²) in [5.41, 5.74) is 5.38. The fourth-order valence-corrected chi connectivity index (χ4v) is 3.31. The Hall–Kier alpha value is -2.68. The van der Waals surface area contributed by atoms with Crippen molar-refractivity contribution in [3.63, 3.8) is 0 Å². The van der Waals surface area contributed by atoms with Gasteiger partial charge in [0.05, 0.1) is 20.3 Å². The first-order chi connectivity index (χ1) is 12.6. The molecule has 2 aromatic rings. The molecule has 1 aliphatic heterocycles. The van der Waals surface area contributed by atoms with E-state index in [1.54, 1.807) is 14.2 Å². The molecule has 1 unspecified atom stereocenters. The topological polar surface area (TPSA) is 21.7 Å². The first-order valence-electron chi connectivity index (χ1n) is 8.98. The van der Waals surface area contributed by atoms with Gasteiger partial charge in [-0.05, 0) is 72.9 Å². The molecule has 0 aromatic heterocycles. The van der Waals surface area contributed by atoms with Crippen LogP contribution in [0, 0.1) is 0 Å². The van der Waals surface area contributed by atoms with Crippen molar-refractivity contribution < 1.29 is 9.47 Å². The molecule has 0 spiro atoms. The van der Waals surface area contributed by atoms with E-state index >= 15 is 0 Å². The summed E-state index contributed by atoms with van der Waals surface area (Å²) in [6.45, 7) is 5.32.